The van der Waals surface area contributed by atoms with Crippen LogP contribution in [0, 0.1) is 0 Å². The Hall–Kier alpha value is 0.420. The van der Waals surface area contributed by atoms with Crippen LogP contribution in [0.15, 0.2) is 0 Å². The molecule has 1 heterocycles. The van der Waals surface area contributed by atoms with Crippen LogP contribution in [0.5, 0.6) is 0 Å². The Morgan fingerprint density at radius 3 is 2.67 bits per heavy atom. The molecule has 1 fully saturated rings. The lowest BCUT2D eigenvalue weighted by Gasteiger charge is -2.05. The average Bonchev–Trinajstić information content (AvgIpc) is 2.10. The van der Waals surface area contributed by atoms with E-state index in [2.05, 4.69) is 0 Å². The summed E-state index contributed by atoms with van der Waals surface area (Å²) in [7, 11) is 0.170. The third kappa shape index (κ3) is 1.67. The number of hydrogen-bond donors (Lipinski definition) is 2. The van der Waals surface area contributed by atoms with Crippen molar-refractivity contribution in [3.8, 4) is 0 Å². The van der Waals surface area contributed by atoms with Gasteiger partial charge in [0.25, 0.3) is 0 Å². The van der Waals surface area contributed by atoms with E-state index in [-0.39, 0.29) is 11.9 Å². The van der Waals surface area contributed by atoms with Crippen LogP contribution >= 0.6 is 10.8 Å². The van der Waals surface area contributed by atoms with Crippen molar-refractivity contribution in [1.29, 1.82) is 0 Å². The van der Waals surface area contributed by atoms with Crippen molar-refractivity contribution in [3.63, 3.8) is 0 Å². The summed E-state index contributed by atoms with van der Waals surface area (Å²) in [6.45, 7) is -0.0857. The molecule has 0 saturated carbocycles. The van der Waals surface area contributed by atoms with Crippen LogP contribution in [0.4, 0.5) is 0 Å². The minimum absolute atomic E-state index is 0.0857. The Morgan fingerprint density at radius 1 is 1.78 bits per heavy atom. The van der Waals surface area contributed by atoms with Gasteiger partial charge in [0.1, 0.15) is 0 Å². The lowest BCUT2D eigenvalue weighted by molar-refractivity contribution is 0.162. The van der Waals surface area contributed by atoms with E-state index in [1.165, 1.54) is 0 Å². The van der Waals surface area contributed by atoms with Crippen molar-refractivity contribution in [2.75, 3.05) is 12.4 Å². The fourth-order valence-electron chi connectivity index (χ4n) is 0.640. The number of hydrogen-bond acceptors (Lipinski definition) is 4. The van der Waals surface area contributed by atoms with Gasteiger partial charge in [-0.1, -0.05) is 10.8 Å². The fraction of sp³-hybridized carbons (Fsp3) is 1.00. The fourth-order valence-corrected chi connectivity index (χ4v) is 3.96. The maximum Gasteiger partial charge on any atom is 0.0835 e. The van der Waals surface area contributed by atoms with E-state index >= 15 is 0 Å². The summed E-state index contributed by atoms with van der Waals surface area (Å²) in [6, 6.07) is 0. The highest BCUT2D eigenvalue weighted by Gasteiger charge is 2.30. The van der Waals surface area contributed by atoms with E-state index in [0.29, 0.717) is 5.75 Å². The SMILES string of the molecule is O=S1CC(O)C(CO)S1. The molecular weight excluding hydrogens is 160 g/mol. The van der Waals surface area contributed by atoms with Crippen molar-refractivity contribution in [2.45, 2.75) is 11.4 Å². The molecule has 54 valence electrons. The first-order valence-corrected chi connectivity index (χ1v) is 5.30. The summed E-state index contributed by atoms with van der Waals surface area (Å²) in [5.74, 6) is 0.301. The van der Waals surface area contributed by atoms with Crippen LogP contribution in [0.25, 0.3) is 0 Å². The molecular formula is C4H8O3S2. The molecule has 0 radical (unpaired) electrons. The lowest BCUT2D eigenvalue weighted by atomic mass is 10.3. The van der Waals surface area contributed by atoms with Gasteiger partial charge in [-0.3, -0.25) is 0 Å². The largest absolute Gasteiger partial charge is 0.395 e. The summed E-state index contributed by atoms with van der Waals surface area (Å²) >= 11 is 0. The average molecular weight is 168 g/mol. The van der Waals surface area contributed by atoms with Crippen LogP contribution in [0.2, 0.25) is 0 Å². The second kappa shape index (κ2) is 3.01. The van der Waals surface area contributed by atoms with Gasteiger partial charge in [-0.15, -0.1) is 0 Å². The molecule has 0 aromatic rings. The Labute approximate surface area is 59.3 Å². The highest BCUT2D eigenvalue weighted by atomic mass is 33.1. The van der Waals surface area contributed by atoms with Crippen LogP contribution in [-0.4, -0.2) is 38.1 Å². The molecule has 9 heavy (non-hydrogen) atoms. The van der Waals surface area contributed by atoms with Crippen molar-refractivity contribution < 1.29 is 14.4 Å². The summed E-state index contributed by atoms with van der Waals surface area (Å²) < 4.78 is 10.6. The molecule has 1 aliphatic heterocycles. The summed E-state index contributed by atoms with van der Waals surface area (Å²) in [4.78, 5) is 0. The highest BCUT2D eigenvalue weighted by molar-refractivity contribution is 8.69. The molecule has 0 aromatic carbocycles. The van der Waals surface area contributed by atoms with Gasteiger partial charge in [0.05, 0.1) is 33.5 Å². The molecule has 5 heteroatoms. The van der Waals surface area contributed by atoms with Crippen molar-refractivity contribution in [2.24, 2.45) is 0 Å². The third-order valence-electron chi connectivity index (χ3n) is 1.15. The van der Waals surface area contributed by atoms with Crippen molar-refractivity contribution in [3.05, 3.63) is 0 Å². The Kier molecular flexibility index (Phi) is 2.51. The van der Waals surface area contributed by atoms with E-state index in [1.54, 1.807) is 0 Å². The van der Waals surface area contributed by atoms with Gasteiger partial charge in [0.15, 0.2) is 0 Å². The van der Waals surface area contributed by atoms with Crippen LogP contribution in [0.3, 0.4) is 0 Å². The predicted octanol–water partition coefficient (Wildman–Crippen LogP) is -0.881. The monoisotopic (exact) mass is 168 g/mol. The molecule has 0 bridgehead atoms. The first-order chi connectivity index (χ1) is 4.24. The maximum absolute atomic E-state index is 10.6. The number of rotatable bonds is 1. The molecule has 0 spiro atoms. The van der Waals surface area contributed by atoms with Crippen LogP contribution in [0.1, 0.15) is 0 Å². The molecule has 1 saturated heterocycles. The second-order valence-electron chi connectivity index (χ2n) is 1.86. The van der Waals surface area contributed by atoms with Gasteiger partial charge in [0.2, 0.25) is 0 Å². The van der Waals surface area contributed by atoms with Gasteiger partial charge in [-0.2, -0.15) is 0 Å². The van der Waals surface area contributed by atoms with Crippen molar-refractivity contribution >= 4 is 20.6 Å². The summed E-state index contributed by atoms with van der Waals surface area (Å²) in [5, 5.41) is 17.3. The van der Waals surface area contributed by atoms with Crippen LogP contribution in [-0.2, 0) is 9.83 Å². The molecule has 1 rings (SSSR count). The molecule has 3 nitrogen and oxygen atoms in total. The zero-order valence-corrected chi connectivity index (χ0v) is 6.32. The quantitative estimate of drug-likeness (QED) is 0.499. The standard InChI is InChI=1S/C4H8O3S2/c5-1-4-3(6)2-9(7)8-4/h3-6H,1-2H2. The van der Waals surface area contributed by atoms with E-state index < -0.39 is 15.9 Å². The predicted molar refractivity (Wildman–Crippen MR) is 37.5 cm³/mol. The Bertz CT molecular complexity index is 127. The summed E-state index contributed by atoms with van der Waals surface area (Å²) in [5.41, 5.74) is 0. The van der Waals surface area contributed by atoms with E-state index in [9.17, 15) is 4.21 Å². The number of aliphatic hydroxyl groups excluding tert-OH is 2. The minimum Gasteiger partial charge on any atom is -0.395 e. The minimum atomic E-state index is -0.976. The normalized spacial score (nSPS) is 43.6. The maximum atomic E-state index is 10.6. The molecule has 0 aromatic heterocycles. The molecule has 2 N–H and O–H groups in total. The van der Waals surface area contributed by atoms with E-state index in [1.807, 2.05) is 0 Å². The lowest BCUT2D eigenvalue weighted by Crippen LogP contribution is -2.23. The van der Waals surface area contributed by atoms with E-state index in [4.69, 9.17) is 10.2 Å². The van der Waals surface area contributed by atoms with Gasteiger partial charge in [0, 0.05) is 0 Å². The van der Waals surface area contributed by atoms with Gasteiger partial charge in [-0.05, 0) is 0 Å². The van der Waals surface area contributed by atoms with E-state index in [0.717, 1.165) is 10.8 Å². The highest BCUT2D eigenvalue weighted by Crippen LogP contribution is 2.27. The molecule has 0 aliphatic carbocycles. The zero-order chi connectivity index (χ0) is 6.85. The number of aliphatic hydroxyl groups is 2. The third-order valence-corrected chi connectivity index (χ3v) is 4.48. The van der Waals surface area contributed by atoms with Gasteiger partial charge >= 0.3 is 0 Å². The Morgan fingerprint density at radius 2 is 2.44 bits per heavy atom. The molecule has 3 unspecified atom stereocenters. The topological polar surface area (TPSA) is 57.5 Å². The van der Waals surface area contributed by atoms with Crippen molar-refractivity contribution in [1.82, 2.24) is 0 Å². The Balaban J connectivity index is 2.47. The van der Waals surface area contributed by atoms with Gasteiger partial charge < -0.3 is 10.2 Å². The molecule has 3 atom stereocenters. The molecule has 1 aliphatic rings. The smallest absolute Gasteiger partial charge is 0.0835 e. The first kappa shape index (κ1) is 7.53. The first-order valence-electron chi connectivity index (χ1n) is 2.58. The molecule has 0 amide bonds. The summed E-state index contributed by atoms with van der Waals surface area (Å²) in [6.07, 6.45) is -0.583. The van der Waals surface area contributed by atoms with Crippen LogP contribution < -0.4 is 0 Å². The second-order valence-corrected chi connectivity index (χ2v) is 5.29. The van der Waals surface area contributed by atoms with Gasteiger partial charge in [-0.25, -0.2) is 4.21 Å². The zero-order valence-electron chi connectivity index (χ0n) is 4.69.